The first-order valence-corrected chi connectivity index (χ1v) is 8.20. The van der Waals surface area contributed by atoms with Crippen molar-refractivity contribution in [1.82, 2.24) is 5.43 Å². The van der Waals surface area contributed by atoms with Gasteiger partial charge < -0.3 is 4.74 Å². The molecule has 2 aromatic rings. The fourth-order valence-corrected chi connectivity index (χ4v) is 2.57. The Balaban J connectivity index is 1.96. The summed E-state index contributed by atoms with van der Waals surface area (Å²) in [6.45, 7) is 0.160. The highest BCUT2D eigenvalue weighted by molar-refractivity contribution is 9.10. The van der Waals surface area contributed by atoms with Gasteiger partial charge in [-0.1, -0.05) is 24.1 Å². The molecule has 1 N–H and O–H groups in total. The van der Waals surface area contributed by atoms with Crippen molar-refractivity contribution >= 4 is 33.7 Å². The lowest BCUT2D eigenvalue weighted by atomic mass is 10.1. The van der Waals surface area contributed by atoms with Crippen molar-refractivity contribution in [3.05, 3.63) is 68.2 Å². The van der Waals surface area contributed by atoms with E-state index in [1.807, 2.05) is 0 Å². The maximum absolute atomic E-state index is 11.9. The van der Waals surface area contributed by atoms with Crippen LogP contribution in [0.2, 0.25) is 0 Å². The summed E-state index contributed by atoms with van der Waals surface area (Å²) < 4.78 is 6.03. The van der Waals surface area contributed by atoms with Crippen LogP contribution in [-0.4, -0.2) is 23.7 Å². The molecule has 0 saturated carbocycles. The zero-order chi connectivity index (χ0) is 18.9. The predicted molar refractivity (Wildman–Crippen MR) is 101 cm³/mol. The molecule has 2 aromatic carbocycles. The molecular weight excluding hydrogens is 402 g/mol. The van der Waals surface area contributed by atoms with E-state index in [1.165, 1.54) is 18.3 Å². The van der Waals surface area contributed by atoms with Crippen LogP contribution >= 0.6 is 15.9 Å². The molecule has 0 unspecified atom stereocenters. The van der Waals surface area contributed by atoms with E-state index in [1.54, 1.807) is 30.3 Å². The van der Waals surface area contributed by atoms with Gasteiger partial charge in [-0.2, -0.15) is 5.10 Å². The number of hydrazone groups is 1. The molecule has 132 valence electrons. The van der Waals surface area contributed by atoms with Crippen LogP contribution in [0.5, 0.6) is 5.75 Å². The Morgan fingerprint density at radius 1 is 1.38 bits per heavy atom. The fraction of sp³-hybridized carbons (Fsp3) is 0.111. The molecule has 0 atom stereocenters. The second kappa shape index (κ2) is 9.34. The van der Waals surface area contributed by atoms with E-state index < -0.39 is 10.8 Å². The van der Waals surface area contributed by atoms with E-state index in [-0.39, 0.29) is 18.7 Å². The molecule has 8 heteroatoms. The van der Waals surface area contributed by atoms with Gasteiger partial charge in [0.25, 0.3) is 5.69 Å². The smallest absolute Gasteiger partial charge is 0.273 e. The second-order valence-corrected chi connectivity index (χ2v) is 5.89. The first kappa shape index (κ1) is 19.1. The van der Waals surface area contributed by atoms with Crippen LogP contribution in [0.25, 0.3) is 0 Å². The van der Waals surface area contributed by atoms with Crippen LogP contribution in [0.15, 0.2) is 52.0 Å². The van der Waals surface area contributed by atoms with E-state index >= 15 is 0 Å². The van der Waals surface area contributed by atoms with Gasteiger partial charge in [0.1, 0.15) is 12.4 Å². The van der Waals surface area contributed by atoms with Gasteiger partial charge in [0.2, 0.25) is 5.91 Å². The Bertz CT molecular complexity index is 890. The summed E-state index contributed by atoms with van der Waals surface area (Å²) in [7, 11) is 0. The Morgan fingerprint density at radius 3 is 2.85 bits per heavy atom. The van der Waals surface area contributed by atoms with E-state index in [0.29, 0.717) is 15.8 Å². The molecule has 0 radical (unpaired) electrons. The van der Waals surface area contributed by atoms with Crippen molar-refractivity contribution in [3.63, 3.8) is 0 Å². The quantitative estimate of drug-likeness (QED) is 0.325. The number of amides is 1. The second-order valence-electron chi connectivity index (χ2n) is 5.04. The molecule has 0 saturated heterocycles. The van der Waals surface area contributed by atoms with Crippen molar-refractivity contribution in [3.8, 4) is 18.1 Å². The van der Waals surface area contributed by atoms with Gasteiger partial charge in [0, 0.05) is 11.6 Å². The number of carbonyl (C=O) groups excluding carboxylic acids is 1. The number of rotatable bonds is 7. The number of nitro benzene ring substituents is 1. The number of nitrogens with one attached hydrogen (secondary N) is 1. The lowest BCUT2D eigenvalue weighted by Crippen LogP contribution is -2.20. The van der Waals surface area contributed by atoms with Crippen molar-refractivity contribution in [2.75, 3.05) is 6.61 Å². The van der Waals surface area contributed by atoms with E-state index in [0.717, 1.165) is 5.56 Å². The summed E-state index contributed by atoms with van der Waals surface area (Å²) in [5, 5.41) is 14.8. The number of hydrogen-bond donors (Lipinski definition) is 1. The van der Waals surface area contributed by atoms with Crippen LogP contribution in [-0.2, 0) is 11.2 Å². The molecule has 0 aromatic heterocycles. The van der Waals surface area contributed by atoms with Gasteiger partial charge in [0.15, 0.2) is 0 Å². The monoisotopic (exact) mass is 415 g/mol. The average Bonchev–Trinajstić information content (AvgIpc) is 2.61. The molecule has 1 amide bonds. The lowest BCUT2D eigenvalue weighted by molar-refractivity contribution is -0.385. The highest BCUT2D eigenvalue weighted by Gasteiger charge is 2.14. The number of benzene rings is 2. The molecule has 0 aliphatic carbocycles. The Labute approximate surface area is 158 Å². The molecule has 0 heterocycles. The third kappa shape index (κ3) is 5.43. The average molecular weight is 416 g/mol. The van der Waals surface area contributed by atoms with Gasteiger partial charge in [-0.15, -0.1) is 6.42 Å². The minimum absolute atomic E-state index is 0.0990. The minimum atomic E-state index is -0.521. The molecule has 0 bridgehead atoms. The van der Waals surface area contributed by atoms with Gasteiger partial charge in [-0.05, 0) is 39.7 Å². The summed E-state index contributed by atoms with van der Waals surface area (Å²) in [6.07, 6.45) is 6.45. The number of terminal acetylenes is 1. The maximum Gasteiger partial charge on any atom is 0.273 e. The first-order chi connectivity index (χ1) is 12.5. The molecule has 2 rings (SSSR count). The molecular formula is C18H14BrN3O4. The maximum atomic E-state index is 11.9. The van der Waals surface area contributed by atoms with Gasteiger partial charge in [0.05, 0.1) is 22.0 Å². The van der Waals surface area contributed by atoms with Crippen LogP contribution in [0.3, 0.4) is 0 Å². The molecule has 0 spiro atoms. The number of nitro groups is 1. The zero-order valence-electron chi connectivity index (χ0n) is 13.5. The molecule has 26 heavy (non-hydrogen) atoms. The van der Waals surface area contributed by atoms with Gasteiger partial charge >= 0.3 is 0 Å². The Morgan fingerprint density at radius 2 is 2.15 bits per heavy atom. The highest BCUT2D eigenvalue weighted by Crippen LogP contribution is 2.25. The Kier molecular flexibility index (Phi) is 6.88. The van der Waals surface area contributed by atoms with Crippen molar-refractivity contribution < 1.29 is 14.5 Å². The van der Waals surface area contributed by atoms with Crippen LogP contribution in [0, 0.1) is 22.5 Å². The highest BCUT2D eigenvalue weighted by atomic mass is 79.9. The third-order valence-electron chi connectivity index (χ3n) is 3.21. The van der Waals surface area contributed by atoms with Gasteiger partial charge in [-0.25, -0.2) is 5.43 Å². The van der Waals surface area contributed by atoms with Crippen molar-refractivity contribution in [1.29, 1.82) is 0 Å². The first-order valence-electron chi connectivity index (χ1n) is 7.41. The molecule has 0 aliphatic rings. The SMILES string of the molecule is C#CCOc1ccc(/C=N/NC(=O)Cc2ccccc2[N+](=O)[O-])cc1Br. The summed E-state index contributed by atoms with van der Waals surface area (Å²) in [5.41, 5.74) is 3.29. The van der Waals surface area contributed by atoms with Crippen molar-refractivity contribution in [2.45, 2.75) is 6.42 Å². The zero-order valence-corrected chi connectivity index (χ0v) is 15.1. The molecule has 0 fully saturated rings. The van der Waals surface area contributed by atoms with E-state index in [9.17, 15) is 14.9 Å². The van der Waals surface area contributed by atoms with Gasteiger partial charge in [-0.3, -0.25) is 14.9 Å². The summed E-state index contributed by atoms with van der Waals surface area (Å²) in [4.78, 5) is 22.3. The molecule has 0 aliphatic heterocycles. The van der Waals surface area contributed by atoms with Crippen LogP contribution < -0.4 is 10.2 Å². The summed E-state index contributed by atoms with van der Waals surface area (Å²) >= 11 is 3.36. The normalized spacial score (nSPS) is 10.3. The Hall–Kier alpha value is -3.18. The minimum Gasteiger partial charge on any atom is -0.480 e. The largest absolute Gasteiger partial charge is 0.480 e. The predicted octanol–water partition coefficient (Wildman–Crippen LogP) is 3.06. The van der Waals surface area contributed by atoms with E-state index in [2.05, 4.69) is 32.4 Å². The van der Waals surface area contributed by atoms with E-state index in [4.69, 9.17) is 11.2 Å². The number of ether oxygens (including phenoxy) is 1. The molecule has 7 nitrogen and oxygen atoms in total. The number of nitrogens with zero attached hydrogens (tertiary/aromatic N) is 2. The number of para-hydroxylation sites is 1. The number of halogens is 1. The number of carbonyl (C=O) groups is 1. The summed E-state index contributed by atoms with van der Waals surface area (Å²) in [5.74, 6) is 2.52. The summed E-state index contributed by atoms with van der Waals surface area (Å²) in [6, 6.07) is 11.3. The van der Waals surface area contributed by atoms with Crippen LogP contribution in [0.4, 0.5) is 5.69 Å². The third-order valence-corrected chi connectivity index (χ3v) is 3.83. The lowest BCUT2D eigenvalue weighted by Gasteiger charge is -2.05. The van der Waals surface area contributed by atoms with Crippen LogP contribution in [0.1, 0.15) is 11.1 Å². The number of hydrogen-bond acceptors (Lipinski definition) is 5. The van der Waals surface area contributed by atoms with Crippen molar-refractivity contribution in [2.24, 2.45) is 5.10 Å². The standard InChI is InChI=1S/C18H14BrN3O4/c1-2-9-26-17-8-7-13(10-15(17)19)12-20-21-18(23)11-14-5-3-4-6-16(14)22(24)25/h1,3-8,10,12H,9,11H2,(H,21,23)/b20-12+. The fourth-order valence-electron chi connectivity index (χ4n) is 2.06. The topological polar surface area (TPSA) is 93.8 Å².